The topological polar surface area (TPSA) is 62.2 Å². The standard InChI is InChI=1S/C9H11BrN2O2S/c10-7-6(12-5-15-7)8(13)11-4-9(14)2-1-3-9/h5,14H,1-4H2,(H,11,13). The molecule has 0 radical (unpaired) electrons. The fourth-order valence-corrected chi connectivity index (χ4v) is 2.51. The molecule has 1 saturated carbocycles. The number of aliphatic hydroxyl groups is 1. The molecule has 1 aliphatic carbocycles. The monoisotopic (exact) mass is 290 g/mol. The molecule has 2 N–H and O–H groups in total. The summed E-state index contributed by atoms with van der Waals surface area (Å²) in [6, 6.07) is 0. The average Bonchev–Trinajstić information content (AvgIpc) is 2.58. The molecule has 15 heavy (non-hydrogen) atoms. The zero-order valence-electron chi connectivity index (χ0n) is 7.99. The van der Waals surface area contributed by atoms with E-state index in [2.05, 4.69) is 26.2 Å². The van der Waals surface area contributed by atoms with E-state index in [4.69, 9.17) is 0 Å². The molecule has 0 unspecified atom stereocenters. The highest BCUT2D eigenvalue weighted by Gasteiger charge is 2.34. The molecule has 0 bridgehead atoms. The van der Waals surface area contributed by atoms with Crippen molar-refractivity contribution in [3.63, 3.8) is 0 Å². The van der Waals surface area contributed by atoms with Crippen LogP contribution in [-0.2, 0) is 0 Å². The van der Waals surface area contributed by atoms with Gasteiger partial charge in [-0.2, -0.15) is 0 Å². The third kappa shape index (κ3) is 2.38. The van der Waals surface area contributed by atoms with E-state index >= 15 is 0 Å². The highest BCUT2D eigenvalue weighted by molar-refractivity contribution is 9.11. The molecule has 1 amide bonds. The first-order chi connectivity index (χ1) is 7.11. The van der Waals surface area contributed by atoms with Crippen molar-refractivity contribution in [2.75, 3.05) is 6.54 Å². The fourth-order valence-electron chi connectivity index (χ4n) is 1.47. The van der Waals surface area contributed by atoms with Gasteiger partial charge in [0.25, 0.3) is 5.91 Å². The van der Waals surface area contributed by atoms with Crippen LogP contribution >= 0.6 is 27.3 Å². The Hall–Kier alpha value is -0.460. The molecule has 1 aromatic heterocycles. The quantitative estimate of drug-likeness (QED) is 0.888. The molecular weight excluding hydrogens is 280 g/mol. The number of amides is 1. The van der Waals surface area contributed by atoms with E-state index in [9.17, 15) is 9.90 Å². The lowest BCUT2D eigenvalue weighted by Gasteiger charge is -2.36. The second-order valence-corrected chi connectivity index (χ2v) is 5.91. The van der Waals surface area contributed by atoms with Crippen molar-refractivity contribution in [2.45, 2.75) is 24.9 Å². The van der Waals surface area contributed by atoms with Crippen LogP contribution in [0.15, 0.2) is 9.30 Å². The van der Waals surface area contributed by atoms with Gasteiger partial charge in [-0.05, 0) is 35.2 Å². The summed E-state index contributed by atoms with van der Waals surface area (Å²) in [5, 5.41) is 12.5. The van der Waals surface area contributed by atoms with Crippen LogP contribution in [0.4, 0.5) is 0 Å². The second kappa shape index (κ2) is 4.19. The van der Waals surface area contributed by atoms with Crippen molar-refractivity contribution in [1.82, 2.24) is 10.3 Å². The molecule has 1 aromatic rings. The number of halogens is 1. The number of rotatable bonds is 3. The van der Waals surface area contributed by atoms with Crippen molar-refractivity contribution in [3.05, 3.63) is 15.0 Å². The third-order valence-electron chi connectivity index (χ3n) is 2.60. The number of carbonyl (C=O) groups is 1. The first-order valence-corrected chi connectivity index (χ1v) is 6.38. The maximum absolute atomic E-state index is 11.6. The van der Waals surface area contributed by atoms with Crippen LogP contribution in [0, 0.1) is 0 Å². The maximum atomic E-state index is 11.6. The summed E-state index contributed by atoms with van der Waals surface area (Å²) in [7, 11) is 0. The summed E-state index contributed by atoms with van der Waals surface area (Å²) < 4.78 is 0.723. The van der Waals surface area contributed by atoms with Gasteiger partial charge >= 0.3 is 0 Å². The summed E-state index contributed by atoms with van der Waals surface area (Å²) in [6.45, 7) is 0.315. The molecule has 1 aliphatic rings. The van der Waals surface area contributed by atoms with Crippen LogP contribution in [0.1, 0.15) is 29.8 Å². The molecule has 82 valence electrons. The maximum Gasteiger partial charge on any atom is 0.272 e. The van der Waals surface area contributed by atoms with Gasteiger partial charge in [0, 0.05) is 6.54 Å². The summed E-state index contributed by atoms with van der Waals surface area (Å²) in [4.78, 5) is 15.5. The molecule has 0 aliphatic heterocycles. The van der Waals surface area contributed by atoms with Gasteiger partial charge in [-0.1, -0.05) is 0 Å². The lowest BCUT2D eigenvalue weighted by molar-refractivity contribution is -0.0300. The second-order valence-electron chi connectivity index (χ2n) is 3.74. The Morgan fingerprint density at radius 3 is 2.93 bits per heavy atom. The average molecular weight is 291 g/mol. The van der Waals surface area contributed by atoms with E-state index in [-0.39, 0.29) is 5.91 Å². The van der Waals surface area contributed by atoms with E-state index < -0.39 is 5.60 Å². The van der Waals surface area contributed by atoms with E-state index in [1.807, 2.05) is 0 Å². The van der Waals surface area contributed by atoms with E-state index in [1.54, 1.807) is 5.51 Å². The third-order valence-corrected chi connectivity index (χ3v) is 4.15. The van der Waals surface area contributed by atoms with Crippen LogP contribution in [0.25, 0.3) is 0 Å². The highest BCUT2D eigenvalue weighted by Crippen LogP contribution is 2.30. The largest absolute Gasteiger partial charge is 0.388 e. The summed E-state index contributed by atoms with van der Waals surface area (Å²) >= 11 is 4.62. The molecule has 0 aromatic carbocycles. The Morgan fingerprint density at radius 2 is 2.47 bits per heavy atom. The minimum absolute atomic E-state index is 0.233. The number of hydrogen-bond donors (Lipinski definition) is 2. The predicted octanol–water partition coefficient (Wildman–Crippen LogP) is 1.55. The Balaban J connectivity index is 1.90. The molecular formula is C9H11BrN2O2S. The first-order valence-electron chi connectivity index (χ1n) is 4.70. The molecule has 6 heteroatoms. The van der Waals surface area contributed by atoms with Crippen LogP contribution in [0.5, 0.6) is 0 Å². The molecule has 1 fully saturated rings. The fraction of sp³-hybridized carbons (Fsp3) is 0.556. The minimum Gasteiger partial charge on any atom is -0.388 e. The van der Waals surface area contributed by atoms with Gasteiger partial charge in [0.15, 0.2) is 5.69 Å². The molecule has 0 spiro atoms. The van der Waals surface area contributed by atoms with Crippen LogP contribution in [0.2, 0.25) is 0 Å². The first kappa shape index (κ1) is 11.0. The minimum atomic E-state index is -0.682. The Morgan fingerprint density at radius 1 is 1.73 bits per heavy atom. The summed E-state index contributed by atoms with van der Waals surface area (Å²) in [5.74, 6) is -0.233. The zero-order valence-corrected chi connectivity index (χ0v) is 10.4. The molecule has 0 atom stereocenters. The van der Waals surface area contributed by atoms with Crippen molar-refractivity contribution in [2.24, 2.45) is 0 Å². The van der Waals surface area contributed by atoms with Gasteiger partial charge in [-0.15, -0.1) is 11.3 Å². The van der Waals surface area contributed by atoms with Crippen molar-refractivity contribution >= 4 is 33.2 Å². The van der Waals surface area contributed by atoms with Gasteiger partial charge in [0.05, 0.1) is 11.1 Å². The molecule has 0 saturated heterocycles. The smallest absolute Gasteiger partial charge is 0.272 e. The number of thiazole rings is 1. The lowest BCUT2D eigenvalue weighted by Crippen LogP contribution is -2.47. The number of hydrogen-bond acceptors (Lipinski definition) is 4. The van der Waals surface area contributed by atoms with Gasteiger partial charge in [-0.25, -0.2) is 4.98 Å². The number of nitrogens with one attached hydrogen (secondary N) is 1. The summed E-state index contributed by atoms with van der Waals surface area (Å²) in [6.07, 6.45) is 2.57. The van der Waals surface area contributed by atoms with Crippen molar-refractivity contribution in [1.29, 1.82) is 0 Å². The van der Waals surface area contributed by atoms with Crippen molar-refractivity contribution < 1.29 is 9.90 Å². The van der Waals surface area contributed by atoms with Crippen molar-refractivity contribution in [3.8, 4) is 0 Å². The summed E-state index contributed by atoms with van der Waals surface area (Å²) in [5.41, 5.74) is 1.32. The predicted molar refractivity (Wildman–Crippen MR) is 60.9 cm³/mol. The van der Waals surface area contributed by atoms with Gasteiger partial charge < -0.3 is 10.4 Å². The van der Waals surface area contributed by atoms with Crippen LogP contribution < -0.4 is 5.32 Å². The molecule has 1 heterocycles. The van der Waals surface area contributed by atoms with Gasteiger partial charge in [0.1, 0.15) is 3.79 Å². The molecule has 4 nitrogen and oxygen atoms in total. The van der Waals surface area contributed by atoms with E-state index in [0.29, 0.717) is 12.2 Å². The lowest BCUT2D eigenvalue weighted by atomic mass is 9.80. The van der Waals surface area contributed by atoms with E-state index in [0.717, 1.165) is 23.0 Å². The Labute approximate surface area is 99.8 Å². The number of carbonyl (C=O) groups excluding carboxylic acids is 1. The molecule has 2 rings (SSSR count). The number of nitrogens with zero attached hydrogens (tertiary/aromatic N) is 1. The number of aromatic nitrogens is 1. The zero-order chi connectivity index (χ0) is 10.9. The Kier molecular flexibility index (Phi) is 3.08. The highest BCUT2D eigenvalue weighted by atomic mass is 79.9. The van der Waals surface area contributed by atoms with Crippen LogP contribution in [0.3, 0.4) is 0 Å². The van der Waals surface area contributed by atoms with E-state index in [1.165, 1.54) is 11.3 Å². The van der Waals surface area contributed by atoms with Crippen LogP contribution in [-0.4, -0.2) is 28.1 Å². The SMILES string of the molecule is O=C(NCC1(O)CCC1)c1ncsc1Br. The van der Waals surface area contributed by atoms with Gasteiger partial charge in [0.2, 0.25) is 0 Å². The normalized spacial score (nSPS) is 18.3. The van der Waals surface area contributed by atoms with Gasteiger partial charge in [-0.3, -0.25) is 4.79 Å². The Bertz CT molecular complexity index is 376.